The lowest BCUT2D eigenvalue weighted by Crippen LogP contribution is -2.21. The zero-order chi connectivity index (χ0) is 16.9. The van der Waals surface area contributed by atoms with Gasteiger partial charge in [0.1, 0.15) is 5.01 Å². The molecule has 0 saturated carbocycles. The number of aromatic nitrogens is 1. The maximum Gasteiger partial charge on any atom is 0.355 e. The largest absolute Gasteiger partial charge is 0.476 e. The summed E-state index contributed by atoms with van der Waals surface area (Å²) >= 11 is 1.36. The van der Waals surface area contributed by atoms with Gasteiger partial charge in [-0.05, 0) is 30.7 Å². The van der Waals surface area contributed by atoms with Crippen LogP contribution in [0.1, 0.15) is 23.0 Å². The molecule has 1 aromatic heterocycles. The molecule has 5 heteroatoms. The standard InChI is InChI=1S/C19H18N2O2S/c1-2-21(16-9-4-3-5-10-16)12-14-7-6-8-15(11-14)18-20-17(13-24-18)19(22)23/h3-11,13H,2,12H2,1H3,(H,22,23). The first kappa shape index (κ1) is 16.2. The predicted molar refractivity (Wildman–Crippen MR) is 97.7 cm³/mol. The fourth-order valence-corrected chi connectivity index (χ4v) is 3.34. The first-order valence-corrected chi connectivity index (χ1v) is 8.63. The number of anilines is 1. The lowest BCUT2D eigenvalue weighted by atomic mass is 10.1. The minimum atomic E-state index is -0.991. The molecule has 24 heavy (non-hydrogen) atoms. The predicted octanol–water partition coefficient (Wildman–Crippen LogP) is 4.53. The van der Waals surface area contributed by atoms with Crippen molar-refractivity contribution in [1.82, 2.24) is 4.98 Å². The third-order valence-corrected chi connectivity index (χ3v) is 4.67. The van der Waals surface area contributed by atoms with E-state index in [0.29, 0.717) is 0 Å². The number of benzene rings is 2. The molecule has 1 N–H and O–H groups in total. The van der Waals surface area contributed by atoms with Gasteiger partial charge in [-0.15, -0.1) is 11.3 Å². The van der Waals surface area contributed by atoms with E-state index < -0.39 is 5.97 Å². The summed E-state index contributed by atoms with van der Waals surface area (Å²) in [6.07, 6.45) is 0. The lowest BCUT2D eigenvalue weighted by molar-refractivity contribution is 0.0691. The zero-order valence-electron chi connectivity index (χ0n) is 13.3. The van der Waals surface area contributed by atoms with Crippen LogP contribution < -0.4 is 4.90 Å². The van der Waals surface area contributed by atoms with Crippen molar-refractivity contribution in [2.75, 3.05) is 11.4 Å². The van der Waals surface area contributed by atoms with Crippen molar-refractivity contribution in [3.63, 3.8) is 0 Å². The van der Waals surface area contributed by atoms with Crippen LogP contribution in [0.25, 0.3) is 10.6 Å². The number of aromatic carboxylic acids is 1. The summed E-state index contributed by atoms with van der Waals surface area (Å²) < 4.78 is 0. The highest BCUT2D eigenvalue weighted by atomic mass is 32.1. The quantitative estimate of drug-likeness (QED) is 0.717. The number of hydrogen-bond donors (Lipinski definition) is 1. The molecule has 0 radical (unpaired) electrons. The van der Waals surface area contributed by atoms with Crippen molar-refractivity contribution in [1.29, 1.82) is 0 Å². The second-order valence-electron chi connectivity index (χ2n) is 5.39. The van der Waals surface area contributed by atoms with Gasteiger partial charge in [0.15, 0.2) is 5.69 Å². The lowest BCUT2D eigenvalue weighted by Gasteiger charge is -2.23. The Bertz CT molecular complexity index is 830. The monoisotopic (exact) mass is 338 g/mol. The van der Waals surface area contributed by atoms with Gasteiger partial charge in [-0.2, -0.15) is 0 Å². The molecule has 1 heterocycles. The smallest absolute Gasteiger partial charge is 0.355 e. The summed E-state index contributed by atoms with van der Waals surface area (Å²) in [7, 11) is 0. The van der Waals surface area contributed by atoms with E-state index in [2.05, 4.69) is 41.1 Å². The van der Waals surface area contributed by atoms with Gasteiger partial charge in [-0.25, -0.2) is 9.78 Å². The Morgan fingerprint density at radius 1 is 1.17 bits per heavy atom. The second kappa shape index (κ2) is 7.27. The maximum absolute atomic E-state index is 11.0. The number of rotatable bonds is 6. The minimum Gasteiger partial charge on any atom is -0.476 e. The highest BCUT2D eigenvalue weighted by molar-refractivity contribution is 7.13. The third-order valence-electron chi connectivity index (χ3n) is 3.77. The van der Waals surface area contributed by atoms with E-state index in [9.17, 15) is 4.79 Å². The zero-order valence-corrected chi connectivity index (χ0v) is 14.2. The van der Waals surface area contributed by atoms with Gasteiger partial charge in [-0.1, -0.05) is 36.4 Å². The number of carboxylic acids is 1. The Labute approximate surface area is 145 Å². The van der Waals surface area contributed by atoms with E-state index >= 15 is 0 Å². The number of hydrogen-bond acceptors (Lipinski definition) is 4. The van der Waals surface area contributed by atoms with E-state index in [1.165, 1.54) is 22.6 Å². The van der Waals surface area contributed by atoms with Crippen molar-refractivity contribution in [2.24, 2.45) is 0 Å². The topological polar surface area (TPSA) is 53.4 Å². The summed E-state index contributed by atoms with van der Waals surface area (Å²) in [5.74, 6) is -0.991. The van der Waals surface area contributed by atoms with Gasteiger partial charge < -0.3 is 10.0 Å². The van der Waals surface area contributed by atoms with E-state index in [-0.39, 0.29) is 5.69 Å². The Kier molecular flexibility index (Phi) is 4.91. The molecule has 0 saturated heterocycles. The van der Waals surface area contributed by atoms with E-state index in [1.54, 1.807) is 5.38 Å². The second-order valence-corrected chi connectivity index (χ2v) is 6.25. The van der Waals surface area contributed by atoms with E-state index in [1.807, 2.05) is 30.3 Å². The highest BCUT2D eigenvalue weighted by Gasteiger charge is 2.11. The van der Waals surface area contributed by atoms with Crippen LogP contribution in [-0.4, -0.2) is 22.6 Å². The van der Waals surface area contributed by atoms with Crippen LogP contribution in [-0.2, 0) is 6.54 Å². The normalized spacial score (nSPS) is 10.5. The van der Waals surface area contributed by atoms with Crippen molar-refractivity contribution in [3.8, 4) is 10.6 Å². The molecular formula is C19H18N2O2S. The fourth-order valence-electron chi connectivity index (χ4n) is 2.55. The number of nitrogens with zero attached hydrogens (tertiary/aromatic N) is 2. The molecule has 0 amide bonds. The molecule has 122 valence electrons. The summed E-state index contributed by atoms with van der Waals surface area (Å²) in [4.78, 5) is 17.5. The SMILES string of the molecule is CCN(Cc1cccc(-c2nc(C(=O)O)cs2)c1)c1ccccc1. The van der Waals surface area contributed by atoms with Gasteiger partial charge in [0.25, 0.3) is 0 Å². The summed E-state index contributed by atoms with van der Waals surface area (Å²) in [6, 6.07) is 18.4. The van der Waals surface area contributed by atoms with Crippen molar-refractivity contribution in [3.05, 3.63) is 71.2 Å². The average molecular weight is 338 g/mol. The molecular weight excluding hydrogens is 320 g/mol. The fraction of sp³-hybridized carbons (Fsp3) is 0.158. The van der Waals surface area contributed by atoms with Crippen molar-refractivity contribution < 1.29 is 9.90 Å². The molecule has 0 bridgehead atoms. The number of thiazole rings is 1. The van der Waals surface area contributed by atoms with Gasteiger partial charge >= 0.3 is 5.97 Å². The molecule has 0 aliphatic heterocycles. The summed E-state index contributed by atoms with van der Waals surface area (Å²) in [5, 5.41) is 11.3. The Balaban J connectivity index is 1.83. The summed E-state index contributed by atoms with van der Waals surface area (Å²) in [5.41, 5.74) is 3.41. The molecule has 3 rings (SSSR count). The number of carboxylic acid groups (broad SMARTS) is 1. The molecule has 2 aromatic carbocycles. The molecule has 0 aliphatic rings. The van der Waals surface area contributed by atoms with Gasteiger partial charge in [0.05, 0.1) is 0 Å². The molecule has 3 aromatic rings. The molecule has 4 nitrogen and oxygen atoms in total. The molecule has 0 aliphatic carbocycles. The van der Waals surface area contributed by atoms with Gasteiger partial charge in [0.2, 0.25) is 0 Å². The molecule has 0 atom stereocenters. The molecule has 0 fully saturated rings. The number of carbonyl (C=O) groups is 1. The molecule has 0 spiro atoms. The van der Waals surface area contributed by atoms with Crippen LogP contribution in [0.5, 0.6) is 0 Å². The third kappa shape index (κ3) is 3.63. The number of para-hydroxylation sites is 1. The minimum absolute atomic E-state index is 0.0971. The first-order valence-electron chi connectivity index (χ1n) is 7.75. The Morgan fingerprint density at radius 2 is 1.96 bits per heavy atom. The highest BCUT2D eigenvalue weighted by Crippen LogP contribution is 2.25. The average Bonchev–Trinajstić information content (AvgIpc) is 3.11. The maximum atomic E-state index is 11.0. The van der Waals surface area contributed by atoms with Crippen LogP contribution in [0, 0.1) is 0 Å². The van der Waals surface area contributed by atoms with Crippen LogP contribution in [0.3, 0.4) is 0 Å². The van der Waals surface area contributed by atoms with Gasteiger partial charge in [-0.3, -0.25) is 0 Å². The Hall–Kier alpha value is -2.66. The Morgan fingerprint density at radius 3 is 2.62 bits per heavy atom. The molecule has 0 unspecified atom stereocenters. The van der Waals surface area contributed by atoms with Crippen LogP contribution in [0.4, 0.5) is 5.69 Å². The van der Waals surface area contributed by atoms with Crippen LogP contribution in [0.2, 0.25) is 0 Å². The van der Waals surface area contributed by atoms with Gasteiger partial charge in [0, 0.05) is 29.7 Å². The van der Waals surface area contributed by atoms with Crippen LogP contribution >= 0.6 is 11.3 Å². The van der Waals surface area contributed by atoms with Crippen LogP contribution in [0.15, 0.2) is 60.0 Å². The van der Waals surface area contributed by atoms with Crippen molar-refractivity contribution in [2.45, 2.75) is 13.5 Å². The first-order chi connectivity index (χ1) is 11.7. The summed E-state index contributed by atoms with van der Waals surface area (Å²) in [6.45, 7) is 3.84. The van der Waals surface area contributed by atoms with E-state index in [4.69, 9.17) is 5.11 Å². The van der Waals surface area contributed by atoms with Crippen molar-refractivity contribution >= 4 is 23.0 Å². The van der Waals surface area contributed by atoms with E-state index in [0.717, 1.165) is 23.7 Å².